The first-order valence-electron chi connectivity index (χ1n) is 10.3. The number of aromatic amines is 1. The van der Waals surface area contributed by atoms with E-state index in [2.05, 4.69) is 9.97 Å². The van der Waals surface area contributed by atoms with Crippen LogP contribution in [-0.2, 0) is 32.0 Å². The van der Waals surface area contributed by atoms with Crippen LogP contribution in [-0.4, -0.2) is 50.3 Å². The molecular formula is C23H31N3O6. The van der Waals surface area contributed by atoms with Crippen molar-refractivity contribution < 1.29 is 28.6 Å². The first-order chi connectivity index (χ1) is 14.9. The van der Waals surface area contributed by atoms with Crippen LogP contribution in [0.25, 0.3) is 0 Å². The fourth-order valence-corrected chi connectivity index (χ4v) is 2.66. The number of carbonyl (C=O) groups excluding carboxylic acids is 3. The summed E-state index contributed by atoms with van der Waals surface area (Å²) in [5.74, 6) is -0.778. The number of benzene rings is 1. The zero-order valence-corrected chi connectivity index (χ0v) is 19.4. The van der Waals surface area contributed by atoms with Crippen molar-refractivity contribution in [3.8, 4) is 0 Å². The summed E-state index contributed by atoms with van der Waals surface area (Å²) >= 11 is 0. The van der Waals surface area contributed by atoms with Gasteiger partial charge in [-0.25, -0.2) is 19.4 Å². The molecule has 0 aliphatic carbocycles. The summed E-state index contributed by atoms with van der Waals surface area (Å²) in [6.45, 7) is 9.96. The van der Waals surface area contributed by atoms with E-state index in [1.54, 1.807) is 53.7 Å². The second-order valence-corrected chi connectivity index (χ2v) is 9.22. The van der Waals surface area contributed by atoms with Crippen molar-refractivity contribution in [2.45, 2.75) is 71.8 Å². The first-order valence-corrected chi connectivity index (χ1v) is 10.3. The van der Waals surface area contributed by atoms with Gasteiger partial charge in [-0.15, -0.1) is 0 Å². The predicted octanol–water partition coefficient (Wildman–Crippen LogP) is 4.24. The highest BCUT2D eigenvalue weighted by molar-refractivity contribution is 5.94. The van der Waals surface area contributed by atoms with Crippen molar-refractivity contribution in [2.24, 2.45) is 0 Å². The number of nitrogens with one attached hydrogen (secondary N) is 1. The third-order valence-corrected chi connectivity index (χ3v) is 3.96. The molecule has 1 aromatic heterocycles. The van der Waals surface area contributed by atoms with E-state index < -0.39 is 35.4 Å². The van der Waals surface area contributed by atoms with Crippen LogP contribution in [0, 0.1) is 0 Å². The van der Waals surface area contributed by atoms with Gasteiger partial charge in [0.15, 0.2) is 0 Å². The Kier molecular flexibility index (Phi) is 8.02. The number of aromatic nitrogens is 2. The number of H-pyrrole nitrogens is 1. The van der Waals surface area contributed by atoms with Gasteiger partial charge < -0.3 is 19.2 Å². The Morgan fingerprint density at radius 2 is 1.53 bits per heavy atom. The van der Waals surface area contributed by atoms with Crippen LogP contribution in [0.1, 0.15) is 52.8 Å². The minimum absolute atomic E-state index is 0.0182. The van der Waals surface area contributed by atoms with Gasteiger partial charge in [0.1, 0.15) is 23.9 Å². The number of carbonyl (C=O) groups is 3. The zero-order chi connectivity index (χ0) is 23.9. The number of hydrogen-bond acceptors (Lipinski definition) is 7. The lowest BCUT2D eigenvalue weighted by Gasteiger charge is -2.32. The monoisotopic (exact) mass is 445 g/mol. The predicted molar refractivity (Wildman–Crippen MR) is 117 cm³/mol. The molecule has 0 aliphatic heterocycles. The van der Waals surface area contributed by atoms with Crippen molar-refractivity contribution in [2.75, 3.05) is 0 Å². The molecule has 1 heterocycles. The normalized spacial score (nSPS) is 12.6. The van der Waals surface area contributed by atoms with E-state index in [0.717, 1.165) is 5.56 Å². The Labute approximate surface area is 188 Å². The van der Waals surface area contributed by atoms with Gasteiger partial charge in [0.2, 0.25) is 0 Å². The number of esters is 1. The maximum atomic E-state index is 13.1. The second-order valence-electron chi connectivity index (χ2n) is 9.22. The molecule has 0 spiro atoms. The van der Waals surface area contributed by atoms with Crippen molar-refractivity contribution in [1.29, 1.82) is 0 Å². The third-order valence-electron chi connectivity index (χ3n) is 3.96. The minimum atomic E-state index is -1.33. The molecule has 2 amide bonds. The standard InChI is InChI=1S/C23H31N3O6/c1-22(2,3)31-20(28)26(21(29)32-23(4,5)6)18(12-17-13-24-15-25-17)19(27)30-14-16-10-8-7-9-11-16/h7-11,13,15,18H,12,14H2,1-6H3,(H,24,25)/t18-/m0/s1. The Morgan fingerprint density at radius 1 is 0.969 bits per heavy atom. The molecule has 1 N–H and O–H groups in total. The van der Waals surface area contributed by atoms with Crippen molar-refractivity contribution >= 4 is 18.2 Å². The van der Waals surface area contributed by atoms with Gasteiger partial charge >= 0.3 is 18.2 Å². The Morgan fingerprint density at radius 3 is 2.00 bits per heavy atom. The van der Waals surface area contributed by atoms with Gasteiger partial charge in [0, 0.05) is 18.3 Å². The molecule has 9 nitrogen and oxygen atoms in total. The lowest BCUT2D eigenvalue weighted by molar-refractivity contribution is -0.151. The maximum Gasteiger partial charge on any atom is 0.420 e. The molecule has 32 heavy (non-hydrogen) atoms. The number of nitrogens with zero attached hydrogens (tertiary/aromatic N) is 2. The number of amides is 2. The van der Waals surface area contributed by atoms with Gasteiger partial charge in [-0.1, -0.05) is 30.3 Å². The van der Waals surface area contributed by atoms with Crippen molar-refractivity contribution in [3.63, 3.8) is 0 Å². The summed E-state index contributed by atoms with van der Waals surface area (Å²) < 4.78 is 16.3. The summed E-state index contributed by atoms with van der Waals surface area (Å²) in [6.07, 6.45) is 0.875. The van der Waals surface area contributed by atoms with Crippen molar-refractivity contribution in [3.05, 3.63) is 54.1 Å². The molecule has 1 atom stereocenters. The molecule has 0 radical (unpaired) electrons. The van der Waals surface area contributed by atoms with Gasteiger partial charge in [-0.2, -0.15) is 4.90 Å². The molecule has 0 fully saturated rings. The first kappa shape index (κ1) is 24.9. The SMILES string of the molecule is CC(C)(C)OC(=O)N(C(=O)OC(C)(C)C)[C@@H](Cc1cnc[nH]1)C(=O)OCc1ccccc1. The molecule has 1 aromatic carbocycles. The Balaban J connectivity index is 2.36. The van der Waals surface area contributed by atoms with E-state index in [-0.39, 0.29) is 13.0 Å². The quantitative estimate of drug-likeness (QED) is 0.523. The van der Waals surface area contributed by atoms with Gasteiger partial charge in [0.05, 0.1) is 6.33 Å². The van der Waals surface area contributed by atoms with E-state index in [4.69, 9.17) is 14.2 Å². The van der Waals surface area contributed by atoms with Crippen LogP contribution in [0.5, 0.6) is 0 Å². The smallest absolute Gasteiger partial charge is 0.420 e. The van der Waals surface area contributed by atoms with Gasteiger partial charge in [-0.05, 0) is 47.1 Å². The average Bonchev–Trinajstić information content (AvgIpc) is 3.16. The molecule has 0 unspecified atom stereocenters. The molecule has 0 saturated heterocycles. The molecule has 0 saturated carbocycles. The van der Waals surface area contributed by atoms with Gasteiger partial charge in [-0.3, -0.25) is 0 Å². The van der Waals surface area contributed by atoms with Crippen molar-refractivity contribution in [1.82, 2.24) is 14.9 Å². The van der Waals surface area contributed by atoms with Crippen LogP contribution in [0.15, 0.2) is 42.9 Å². The van der Waals surface area contributed by atoms with Crippen LogP contribution in [0.4, 0.5) is 9.59 Å². The molecule has 0 aliphatic rings. The topological polar surface area (TPSA) is 111 Å². The van der Waals surface area contributed by atoms with E-state index >= 15 is 0 Å². The summed E-state index contributed by atoms with van der Waals surface area (Å²) in [5, 5.41) is 0. The minimum Gasteiger partial charge on any atom is -0.459 e. The second kappa shape index (κ2) is 10.3. The molecule has 174 valence electrons. The molecule has 2 aromatic rings. The lowest BCUT2D eigenvalue weighted by Crippen LogP contribution is -2.53. The summed E-state index contributed by atoms with van der Waals surface area (Å²) in [4.78, 5) is 46.6. The van der Waals surface area contributed by atoms with E-state index in [0.29, 0.717) is 10.6 Å². The number of imide groups is 1. The number of rotatable bonds is 6. The molecule has 0 bridgehead atoms. The number of ether oxygens (including phenoxy) is 3. The average molecular weight is 446 g/mol. The third kappa shape index (κ3) is 8.05. The Bertz CT molecular complexity index is 870. The molecule has 2 rings (SSSR count). The highest BCUT2D eigenvalue weighted by Gasteiger charge is 2.41. The molecule has 9 heteroatoms. The molecular weight excluding hydrogens is 414 g/mol. The number of hydrogen-bond donors (Lipinski definition) is 1. The van der Waals surface area contributed by atoms with Gasteiger partial charge in [0.25, 0.3) is 0 Å². The summed E-state index contributed by atoms with van der Waals surface area (Å²) in [6, 6.07) is 7.76. The van der Waals surface area contributed by atoms with Crippen LogP contribution < -0.4 is 0 Å². The summed E-state index contributed by atoms with van der Waals surface area (Å²) in [5.41, 5.74) is -0.501. The Hall–Kier alpha value is -3.36. The largest absolute Gasteiger partial charge is 0.459 e. The van der Waals surface area contributed by atoms with Crippen LogP contribution >= 0.6 is 0 Å². The lowest BCUT2D eigenvalue weighted by atomic mass is 10.1. The van der Waals surface area contributed by atoms with E-state index in [1.807, 2.05) is 18.2 Å². The van der Waals surface area contributed by atoms with Crippen LogP contribution in [0.2, 0.25) is 0 Å². The highest BCUT2D eigenvalue weighted by atomic mass is 16.6. The van der Waals surface area contributed by atoms with E-state index in [9.17, 15) is 14.4 Å². The fourth-order valence-electron chi connectivity index (χ4n) is 2.66. The van der Waals surface area contributed by atoms with Crippen LogP contribution in [0.3, 0.4) is 0 Å². The number of imidazole rings is 1. The zero-order valence-electron chi connectivity index (χ0n) is 19.4. The summed E-state index contributed by atoms with van der Waals surface area (Å²) in [7, 11) is 0. The maximum absolute atomic E-state index is 13.1. The highest BCUT2D eigenvalue weighted by Crippen LogP contribution is 2.20. The fraction of sp³-hybridized carbons (Fsp3) is 0.478. The van der Waals surface area contributed by atoms with E-state index in [1.165, 1.54) is 12.5 Å².